The average Bonchev–Trinajstić information content (AvgIpc) is 2.25. The number of hydrogen-bond acceptors (Lipinski definition) is 6. The van der Waals surface area contributed by atoms with Gasteiger partial charge in [0.2, 0.25) is 0 Å². The predicted octanol–water partition coefficient (Wildman–Crippen LogP) is -3.71. The maximum atomic E-state index is 11.2. The van der Waals surface area contributed by atoms with Crippen molar-refractivity contribution < 1.29 is 25.2 Å². The molecule has 0 aliphatic heterocycles. The van der Waals surface area contributed by atoms with E-state index in [-0.39, 0.29) is 18.9 Å². The molecule has 0 aliphatic carbocycles. The highest BCUT2D eigenvalue weighted by Gasteiger charge is 2.29. The molecule has 0 aromatic heterocycles. The third-order valence-electron chi connectivity index (χ3n) is 1.89. The molecule has 0 bridgehead atoms. The molecular weight excluding hydrogens is 218 g/mol. The minimum absolute atomic E-state index is 0.0137. The normalized spacial score (nSPS) is 16.2. The van der Waals surface area contributed by atoms with Crippen molar-refractivity contribution in [3.05, 3.63) is 0 Å². The number of ketones is 1. The van der Waals surface area contributed by atoms with Crippen LogP contribution >= 0.6 is 0 Å². The number of aliphatic hydroxyl groups is 4. The molecule has 0 aromatic carbocycles. The Hall–Kier alpha value is -1.22. The third-order valence-corrected chi connectivity index (χ3v) is 1.89. The summed E-state index contributed by atoms with van der Waals surface area (Å²) in [5.74, 6) is -0.900. The Morgan fingerprint density at radius 2 is 1.81 bits per heavy atom. The zero-order valence-corrected chi connectivity index (χ0v) is 8.65. The van der Waals surface area contributed by atoms with Gasteiger partial charge in [0.15, 0.2) is 11.7 Å². The molecule has 0 radical (unpaired) electrons. The van der Waals surface area contributed by atoms with Gasteiger partial charge in [0, 0.05) is 13.0 Å². The summed E-state index contributed by atoms with van der Waals surface area (Å²) < 4.78 is 0. The molecule has 0 fully saturated rings. The van der Waals surface area contributed by atoms with E-state index in [9.17, 15) is 15.0 Å². The van der Waals surface area contributed by atoms with E-state index in [0.29, 0.717) is 0 Å². The molecule has 0 saturated heterocycles. The van der Waals surface area contributed by atoms with Crippen molar-refractivity contribution in [1.82, 2.24) is 0 Å². The molecule has 0 unspecified atom stereocenters. The minimum Gasteiger partial charge on any atom is -0.394 e. The molecule has 8 heteroatoms. The Balaban J connectivity index is 4.13. The van der Waals surface area contributed by atoms with Crippen molar-refractivity contribution >= 4 is 11.7 Å². The van der Waals surface area contributed by atoms with Gasteiger partial charge in [-0.05, 0) is 0 Å². The fourth-order valence-electron chi connectivity index (χ4n) is 0.952. The summed E-state index contributed by atoms with van der Waals surface area (Å²) in [7, 11) is 0. The summed E-state index contributed by atoms with van der Waals surface area (Å²) in [6, 6.07) is 0. The van der Waals surface area contributed by atoms with Crippen molar-refractivity contribution in [2.24, 2.45) is 16.5 Å². The Morgan fingerprint density at radius 1 is 1.25 bits per heavy atom. The molecule has 0 saturated carbocycles. The van der Waals surface area contributed by atoms with E-state index in [4.69, 9.17) is 21.7 Å². The average molecular weight is 235 g/mol. The van der Waals surface area contributed by atoms with E-state index in [2.05, 4.69) is 4.99 Å². The predicted molar refractivity (Wildman–Crippen MR) is 55.4 cm³/mol. The zero-order chi connectivity index (χ0) is 12.7. The van der Waals surface area contributed by atoms with Crippen LogP contribution in [0.2, 0.25) is 0 Å². The van der Waals surface area contributed by atoms with Gasteiger partial charge >= 0.3 is 0 Å². The number of aliphatic hydroxyl groups excluding tert-OH is 4. The van der Waals surface area contributed by atoms with E-state index in [1.807, 2.05) is 0 Å². The first kappa shape index (κ1) is 14.8. The van der Waals surface area contributed by atoms with Gasteiger partial charge in [0.1, 0.15) is 18.3 Å². The number of carbonyl (C=O) groups is 1. The first-order chi connectivity index (χ1) is 7.40. The van der Waals surface area contributed by atoms with Gasteiger partial charge in [0.25, 0.3) is 0 Å². The molecule has 94 valence electrons. The summed E-state index contributed by atoms with van der Waals surface area (Å²) in [6.45, 7) is -0.764. The molecule has 0 heterocycles. The largest absolute Gasteiger partial charge is 0.394 e. The lowest BCUT2D eigenvalue weighted by atomic mass is 10.0. The van der Waals surface area contributed by atoms with Crippen LogP contribution in [0.1, 0.15) is 6.42 Å². The molecule has 0 aliphatic rings. The second-order valence-corrected chi connectivity index (χ2v) is 3.21. The van der Waals surface area contributed by atoms with Gasteiger partial charge in [-0.2, -0.15) is 0 Å². The van der Waals surface area contributed by atoms with Crippen LogP contribution in [0.5, 0.6) is 0 Å². The summed E-state index contributed by atoms with van der Waals surface area (Å²) in [5.41, 5.74) is 10.0. The monoisotopic (exact) mass is 235 g/mol. The lowest BCUT2D eigenvalue weighted by Gasteiger charge is -2.20. The first-order valence-electron chi connectivity index (χ1n) is 4.63. The minimum atomic E-state index is -1.77. The van der Waals surface area contributed by atoms with Crippen LogP contribution in [0.4, 0.5) is 0 Å². The van der Waals surface area contributed by atoms with Gasteiger partial charge < -0.3 is 31.9 Å². The summed E-state index contributed by atoms with van der Waals surface area (Å²) >= 11 is 0. The van der Waals surface area contributed by atoms with Gasteiger partial charge in [-0.3, -0.25) is 9.79 Å². The number of aliphatic imine (C=N–C) groups is 1. The van der Waals surface area contributed by atoms with E-state index < -0.39 is 30.7 Å². The quantitative estimate of drug-likeness (QED) is 0.195. The Morgan fingerprint density at radius 3 is 2.25 bits per heavy atom. The molecule has 0 amide bonds. The standard InChI is InChI=1S/C8H17N3O5/c9-8(10)11-2-1-4(13)6(15)7(16)5(14)3-12/h5-7,12,14-16H,1-3H2,(H4,9,10,11)/t5-,6+,7-/m1/s1. The number of guanidine groups is 1. The van der Waals surface area contributed by atoms with Crippen LogP contribution in [-0.4, -0.2) is 63.6 Å². The van der Waals surface area contributed by atoms with Gasteiger partial charge in [0.05, 0.1) is 6.61 Å². The fourth-order valence-corrected chi connectivity index (χ4v) is 0.952. The number of rotatable bonds is 7. The fraction of sp³-hybridized carbons (Fsp3) is 0.750. The maximum Gasteiger partial charge on any atom is 0.185 e. The molecule has 16 heavy (non-hydrogen) atoms. The Kier molecular flexibility index (Phi) is 6.58. The van der Waals surface area contributed by atoms with Crippen molar-refractivity contribution in [2.75, 3.05) is 13.2 Å². The SMILES string of the molecule is NC(N)=NCCC(=O)[C@H](O)[C@H](O)[C@H](O)CO. The third kappa shape index (κ3) is 5.03. The lowest BCUT2D eigenvalue weighted by molar-refractivity contribution is -0.139. The van der Waals surface area contributed by atoms with E-state index >= 15 is 0 Å². The van der Waals surface area contributed by atoms with E-state index in [1.54, 1.807) is 0 Å². The highest BCUT2D eigenvalue weighted by atomic mass is 16.4. The zero-order valence-electron chi connectivity index (χ0n) is 8.65. The molecule has 0 rings (SSSR count). The molecule has 0 spiro atoms. The van der Waals surface area contributed by atoms with E-state index in [1.165, 1.54) is 0 Å². The number of carbonyl (C=O) groups excluding carboxylic acids is 1. The van der Waals surface area contributed by atoms with Crippen LogP contribution in [0.25, 0.3) is 0 Å². The van der Waals surface area contributed by atoms with Crippen molar-refractivity contribution in [2.45, 2.75) is 24.7 Å². The van der Waals surface area contributed by atoms with Crippen molar-refractivity contribution in [3.8, 4) is 0 Å². The highest BCUT2D eigenvalue weighted by molar-refractivity contribution is 5.84. The van der Waals surface area contributed by atoms with Crippen LogP contribution in [0, 0.1) is 0 Å². The van der Waals surface area contributed by atoms with Crippen LogP contribution in [0.15, 0.2) is 4.99 Å². The molecule has 8 N–H and O–H groups in total. The first-order valence-corrected chi connectivity index (χ1v) is 4.63. The molecule has 8 nitrogen and oxygen atoms in total. The summed E-state index contributed by atoms with van der Waals surface area (Å²) in [6.07, 6.45) is -5.23. The number of hydrogen-bond donors (Lipinski definition) is 6. The summed E-state index contributed by atoms with van der Waals surface area (Å²) in [4.78, 5) is 14.8. The number of nitrogens with zero attached hydrogens (tertiary/aromatic N) is 1. The van der Waals surface area contributed by atoms with Crippen molar-refractivity contribution in [1.29, 1.82) is 0 Å². The van der Waals surface area contributed by atoms with Crippen LogP contribution in [-0.2, 0) is 4.79 Å². The number of Topliss-reactive ketones (excluding diaryl/α,β-unsaturated/α-hetero) is 1. The maximum absolute atomic E-state index is 11.2. The highest BCUT2D eigenvalue weighted by Crippen LogP contribution is 2.03. The van der Waals surface area contributed by atoms with Crippen LogP contribution < -0.4 is 11.5 Å². The van der Waals surface area contributed by atoms with Gasteiger partial charge in [-0.15, -0.1) is 0 Å². The second-order valence-electron chi connectivity index (χ2n) is 3.21. The van der Waals surface area contributed by atoms with Gasteiger partial charge in [-0.25, -0.2) is 0 Å². The van der Waals surface area contributed by atoms with Crippen LogP contribution in [0.3, 0.4) is 0 Å². The number of nitrogens with two attached hydrogens (primary N) is 2. The lowest BCUT2D eigenvalue weighted by Crippen LogP contribution is -2.44. The molecule has 0 aromatic rings. The van der Waals surface area contributed by atoms with Gasteiger partial charge in [-0.1, -0.05) is 0 Å². The van der Waals surface area contributed by atoms with E-state index in [0.717, 1.165) is 0 Å². The topological polar surface area (TPSA) is 162 Å². The second kappa shape index (κ2) is 7.12. The Bertz CT molecular complexity index is 254. The molecule has 3 atom stereocenters. The molecular formula is C8H17N3O5. The summed E-state index contributed by atoms with van der Waals surface area (Å²) in [5, 5.41) is 35.9. The Labute approximate surface area is 92.2 Å². The smallest absolute Gasteiger partial charge is 0.185 e. The van der Waals surface area contributed by atoms with Crippen molar-refractivity contribution in [3.63, 3.8) is 0 Å².